The van der Waals surface area contributed by atoms with Crippen molar-refractivity contribution in [2.45, 2.75) is 38.6 Å². The molecule has 2 rings (SSSR count). The van der Waals surface area contributed by atoms with Gasteiger partial charge in [0.1, 0.15) is 0 Å². The monoisotopic (exact) mass is 226 g/mol. The fourth-order valence-corrected chi connectivity index (χ4v) is 3.06. The molecule has 3 heteroatoms. The van der Waals surface area contributed by atoms with Gasteiger partial charge in [0.2, 0.25) is 0 Å². The predicted octanol–water partition coefficient (Wildman–Crippen LogP) is 1.17. The van der Waals surface area contributed by atoms with Crippen molar-refractivity contribution in [2.24, 2.45) is 5.92 Å². The predicted molar refractivity (Wildman–Crippen MR) is 66.5 cm³/mol. The number of hydrogen-bond donors (Lipinski definition) is 1. The summed E-state index contributed by atoms with van der Waals surface area (Å²) in [6, 6.07) is 0.797. The summed E-state index contributed by atoms with van der Waals surface area (Å²) in [6.07, 6.45) is 5.54. The second-order valence-electron chi connectivity index (χ2n) is 5.59. The molecule has 0 bridgehead atoms. The molecule has 0 radical (unpaired) electrons. The molecule has 0 aromatic carbocycles. The van der Waals surface area contributed by atoms with Crippen molar-refractivity contribution in [3.63, 3.8) is 0 Å². The van der Waals surface area contributed by atoms with Gasteiger partial charge in [-0.3, -0.25) is 4.90 Å². The van der Waals surface area contributed by atoms with Crippen LogP contribution in [0.25, 0.3) is 0 Å². The van der Waals surface area contributed by atoms with Crippen LogP contribution >= 0.6 is 0 Å². The van der Waals surface area contributed by atoms with Gasteiger partial charge in [0.25, 0.3) is 0 Å². The number of aliphatic hydroxyl groups is 1. The van der Waals surface area contributed by atoms with Crippen molar-refractivity contribution >= 4 is 0 Å². The highest BCUT2D eigenvalue weighted by Gasteiger charge is 2.28. The molecule has 0 aromatic rings. The fraction of sp³-hybridized carbons (Fsp3) is 1.00. The van der Waals surface area contributed by atoms with Gasteiger partial charge in [0.15, 0.2) is 0 Å². The standard InChI is InChI=1S/C13H26N2O/c1-12(11-16)9-14-8-5-13(10-14)15-6-3-2-4-7-15/h12-13,16H,2-11H2,1H3. The molecule has 0 aliphatic carbocycles. The van der Waals surface area contributed by atoms with E-state index in [1.807, 2.05) is 0 Å². The van der Waals surface area contributed by atoms with E-state index >= 15 is 0 Å². The van der Waals surface area contributed by atoms with Gasteiger partial charge < -0.3 is 10.0 Å². The summed E-state index contributed by atoms with van der Waals surface area (Å²) >= 11 is 0. The second kappa shape index (κ2) is 5.99. The van der Waals surface area contributed by atoms with E-state index in [9.17, 15) is 0 Å². The molecule has 3 nitrogen and oxygen atoms in total. The maximum atomic E-state index is 9.07. The van der Waals surface area contributed by atoms with E-state index in [0.717, 1.165) is 12.6 Å². The zero-order chi connectivity index (χ0) is 11.4. The van der Waals surface area contributed by atoms with E-state index in [4.69, 9.17) is 5.11 Å². The Kier molecular flexibility index (Phi) is 4.62. The second-order valence-corrected chi connectivity index (χ2v) is 5.59. The molecular formula is C13H26N2O. The van der Waals surface area contributed by atoms with Gasteiger partial charge in [-0.2, -0.15) is 0 Å². The Morgan fingerprint density at radius 1 is 1.19 bits per heavy atom. The number of likely N-dealkylation sites (tertiary alicyclic amines) is 2. The minimum atomic E-state index is 0.324. The SMILES string of the molecule is CC(CO)CN1CCC(N2CCCCC2)C1. The zero-order valence-corrected chi connectivity index (χ0v) is 10.6. The van der Waals surface area contributed by atoms with E-state index in [-0.39, 0.29) is 0 Å². The quantitative estimate of drug-likeness (QED) is 0.779. The molecule has 0 saturated carbocycles. The van der Waals surface area contributed by atoms with Crippen LogP contribution in [0.3, 0.4) is 0 Å². The molecule has 0 amide bonds. The summed E-state index contributed by atoms with van der Waals surface area (Å²) in [4.78, 5) is 5.22. The summed E-state index contributed by atoms with van der Waals surface area (Å²) in [7, 11) is 0. The highest BCUT2D eigenvalue weighted by Crippen LogP contribution is 2.20. The van der Waals surface area contributed by atoms with Gasteiger partial charge in [0.05, 0.1) is 0 Å². The summed E-state index contributed by atoms with van der Waals surface area (Å²) in [5, 5.41) is 9.07. The highest BCUT2D eigenvalue weighted by atomic mass is 16.3. The molecule has 0 aromatic heterocycles. The molecule has 1 N–H and O–H groups in total. The van der Waals surface area contributed by atoms with Gasteiger partial charge >= 0.3 is 0 Å². The topological polar surface area (TPSA) is 26.7 Å². The Balaban J connectivity index is 1.74. The van der Waals surface area contributed by atoms with Crippen LogP contribution in [0.2, 0.25) is 0 Å². The minimum Gasteiger partial charge on any atom is -0.396 e. The molecule has 2 heterocycles. The Morgan fingerprint density at radius 2 is 1.94 bits per heavy atom. The number of piperidine rings is 1. The van der Waals surface area contributed by atoms with Crippen molar-refractivity contribution in [3.05, 3.63) is 0 Å². The lowest BCUT2D eigenvalue weighted by atomic mass is 10.1. The summed E-state index contributed by atoms with van der Waals surface area (Å²) in [5.74, 6) is 0.431. The third kappa shape index (κ3) is 3.19. The Morgan fingerprint density at radius 3 is 2.62 bits per heavy atom. The average Bonchev–Trinajstić information content (AvgIpc) is 2.78. The smallest absolute Gasteiger partial charge is 0.0468 e. The first kappa shape index (κ1) is 12.3. The first-order valence-electron chi connectivity index (χ1n) is 6.87. The normalized spacial score (nSPS) is 30.8. The van der Waals surface area contributed by atoms with Crippen LogP contribution in [0.4, 0.5) is 0 Å². The molecule has 0 spiro atoms. The molecular weight excluding hydrogens is 200 g/mol. The van der Waals surface area contributed by atoms with Crippen molar-refractivity contribution < 1.29 is 5.11 Å². The molecule has 94 valence electrons. The van der Waals surface area contributed by atoms with Crippen LogP contribution in [-0.4, -0.2) is 60.3 Å². The molecule has 2 fully saturated rings. The maximum Gasteiger partial charge on any atom is 0.0468 e. The lowest BCUT2D eigenvalue weighted by Gasteiger charge is -2.32. The lowest BCUT2D eigenvalue weighted by Crippen LogP contribution is -2.41. The van der Waals surface area contributed by atoms with Gasteiger partial charge in [-0.15, -0.1) is 0 Å². The zero-order valence-electron chi connectivity index (χ0n) is 10.6. The lowest BCUT2D eigenvalue weighted by molar-refractivity contribution is 0.150. The number of aliphatic hydroxyl groups excluding tert-OH is 1. The molecule has 2 saturated heterocycles. The summed E-state index contributed by atoms with van der Waals surface area (Å²) in [5.41, 5.74) is 0. The third-order valence-electron chi connectivity index (χ3n) is 4.04. The fourth-order valence-electron chi connectivity index (χ4n) is 3.06. The number of nitrogens with zero attached hydrogens (tertiary/aromatic N) is 2. The first-order chi connectivity index (χ1) is 7.79. The highest BCUT2D eigenvalue weighted by molar-refractivity contribution is 4.85. The average molecular weight is 226 g/mol. The van der Waals surface area contributed by atoms with Crippen LogP contribution in [0, 0.1) is 5.92 Å². The molecule has 2 unspecified atom stereocenters. The number of hydrogen-bond acceptors (Lipinski definition) is 3. The Hall–Kier alpha value is -0.120. The maximum absolute atomic E-state index is 9.07. The van der Waals surface area contributed by atoms with E-state index in [2.05, 4.69) is 16.7 Å². The van der Waals surface area contributed by atoms with E-state index in [0.29, 0.717) is 12.5 Å². The van der Waals surface area contributed by atoms with Crippen molar-refractivity contribution in [3.8, 4) is 0 Å². The van der Waals surface area contributed by atoms with Crippen molar-refractivity contribution in [1.29, 1.82) is 0 Å². The molecule has 16 heavy (non-hydrogen) atoms. The van der Waals surface area contributed by atoms with Crippen LogP contribution < -0.4 is 0 Å². The number of rotatable bonds is 4. The van der Waals surface area contributed by atoms with Gasteiger partial charge in [-0.05, 0) is 44.8 Å². The van der Waals surface area contributed by atoms with Crippen LogP contribution in [0.5, 0.6) is 0 Å². The minimum absolute atomic E-state index is 0.324. The summed E-state index contributed by atoms with van der Waals surface area (Å²) < 4.78 is 0. The first-order valence-corrected chi connectivity index (χ1v) is 6.87. The van der Waals surface area contributed by atoms with Gasteiger partial charge in [-0.25, -0.2) is 0 Å². The molecule has 2 aliphatic heterocycles. The molecule has 2 atom stereocenters. The van der Waals surface area contributed by atoms with Crippen molar-refractivity contribution in [1.82, 2.24) is 9.80 Å². The van der Waals surface area contributed by atoms with Crippen LogP contribution in [-0.2, 0) is 0 Å². The Labute approximate surface area is 99.4 Å². The van der Waals surface area contributed by atoms with E-state index in [1.54, 1.807) is 0 Å². The summed E-state index contributed by atoms with van der Waals surface area (Å²) in [6.45, 7) is 8.61. The van der Waals surface area contributed by atoms with E-state index in [1.165, 1.54) is 51.9 Å². The molecule has 2 aliphatic rings. The Bertz CT molecular complexity index is 204. The van der Waals surface area contributed by atoms with Crippen LogP contribution in [0.15, 0.2) is 0 Å². The van der Waals surface area contributed by atoms with E-state index < -0.39 is 0 Å². The van der Waals surface area contributed by atoms with Gasteiger partial charge in [0, 0.05) is 25.7 Å². The van der Waals surface area contributed by atoms with Gasteiger partial charge in [-0.1, -0.05) is 13.3 Å². The van der Waals surface area contributed by atoms with Crippen molar-refractivity contribution in [2.75, 3.05) is 39.3 Å². The third-order valence-corrected chi connectivity index (χ3v) is 4.04. The largest absolute Gasteiger partial charge is 0.396 e. The van der Waals surface area contributed by atoms with Crippen LogP contribution in [0.1, 0.15) is 32.6 Å².